The number of benzene rings is 1. The van der Waals surface area contributed by atoms with E-state index in [0.29, 0.717) is 30.8 Å². The summed E-state index contributed by atoms with van der Waals surface area (Å²) in [4.78, 5) is 28.3. The van der Waals surface area contributed by atoms with Gasteiger partial charge in [-0.25, -0.2) is 0 Å². The first kappa shape index (κ1) is 22.3. The third-order valence-corrected chi connectivity index (χ3v) is 6.88. The fourth-order valence-electron chi connectivity index (χ4n) is 4.18. The fourth-order valence-corrected chi connectivity index (χ4v) is 4.85. The molecule has 32 heavy (non-hydrogen) atoms. The van der Waals surface area contributed by atoms with Crippen molar-refractivity contribution in [1.29, 1.82) is 0 Å². The molecule has 0 aliphatic carbocycles. The van der Waals surface area contributed by atoms with Crippen LogP contribution in [0.4, 0.5) is 0 Å². The number of carbonyl (C=O) groups is 1. The second-order valence-corrected chi connectivity index (χ2v) is 9.06. The molecule has 0 unspecified atom stereocenters. The fraction of sp³-hybridized carbons (Fsp3) is 0.360. The van der Waals surface area contributed by atoms with Gasteiger partial charge in [0.2, 0.25) is 0 Å². The van der Waals surface area contributed by atoms with E-state index in [2.05, 4.69) is 42.3 Å². The van der Waals surface area contributed by atoms with Crippen molar-refractivity contribution in [3.05, 3.63) is 85.0 Å². The predicted molar refractivity (Wildman–Crippen MR) is 128 cm³/mol. The van der Waals surface area contributed by atoms with Gasteiger partial charge in [0.15, 0.2) is 0 Å². The number of nitrogens with one attached hydrogen (secondary N) is 1. The molecule has 3 aromatic rings. The Morgan fingerprint density at radius 1 is 1.09 bits per heavy atom. The zero-order valence-corrected chi connectivity index (χ0v) is 19.6. The number of fused-ring (bicyclic) bond motifs is 1. The average molecular weight is 452 g/mol. The summed E-state index contributed by atoms with van der Waals surface area (Å²) in [5.41, 5.74) is 5.98. The second-order valence-electron chi connectivity index (χ2n) is 8.28. The van der Waals surface area contributed by atoms with Crippen LogP contribution in [0.5, 0.6) is 5.75 Å². The smallest absolute Gasteiger partial charge is 0.257 e. The van der Waals surface area contributed by atoms with Crippen molar-refractivity contribution in [3.63, 3.8) is 0 Å². The molecule has 6 nitrogen and oxygen atoms in total. The van der Waals surface area contributed by atoms with E-state index >= 15 is 0 Å². The molecule has 0 bridgehead atoms. The molecular weight excluding hydrogens is 422 g/mol. The molecule has 7 heteroatoms. The minimum absolute atomic E-state index is 0.126. The third kappa shape index (κ3) is 4.79. The number of methoxy groups -OCH3 is 1. The van der Waals surface area contributed by atoms with E-state index in [4.69, 9.17) is 4.74 Å². The molecular formula is C25H29N3O3S. The van der Waals surface area contributed by atoms with Gasteiger partial charge in [-0.15, -0.1) is 0 Å². The second kappa shape index (κ2) is 9.71. The molecule has 0 radical (unpaired) electrons. The molecule has 1 amide bonds. The lowest BCUT2D eigenvalue weighted by atomic mass is 10.1. The number of rotatable bonds is 6. The standard InChI is InChI=1S/C25H29N3O3S/c1-17-4-5-19(12-18(17)2)15-27-8-6-21-24(25(30)26-14-20-7-11-32-16-20)22(31-3)13-23(29)28(21)10-9-27/h4-5,7,11-13,16H,6,8-10,14-15H2,1-3H3,(H,26,30). The molecule has 2 aromatic heterocycles. The Morgan fingerprint density at radius 2 is 1.94 bits per heavy atom. The molecule has 3 heterocycles. The molecule has 0 saturated carbocycles. The number of aromatic nitrogens is 1. The highest BCUT2D eigenvalue weighted by Crippen LogP contribution is 2.23. The first-order valence-corrected chi connectivity index (χ1v) is 11.8. The van der Waals surface area contributed by atoms with Crippen LogP contribution >= 0.6 is 11.3 Å². The van der Waals surface area contributed by atoms with Crippen molar-refractivity contribution < 1.29 is 9.53 Å². The van der Waals surface area contributed by atoms with Crippen LogP contribution in [0.25, 0.3) is 0 Å². The van der Waals surface area contributed by atoms with Crippen LogP contribution in [-0.4, -0.2) is 35.6 Å². The summed E-state index contributed by atoms with van der Waals surface area (Å²) in [7, 11) is 1.50. The van der Waals surface area contributed by atoms with Gasteiger partial charge in [-0.2, -0.15) is 11.3 Å². The lowest BCUT2D eigenvalue weighted by Crippen LogP contribution is -2.31. The van der Waals surface area contributed by atoms with Crippen LogP contribution < -0.4 is 15.6 Å². The van der Waals surface area contributed by atoms with Gasteiger partial charge in [-0.05, 0) is 52.9 Å². The minimum atomic E-state index is -0.209. The average Bonchev–Trinajstić information content (AvgIpc) is 3.22. The van der Waals surface area contributed by atoms with E-state index in [1.165, 1.54) is 29.9 Å². The van der Waals surface area contributed by atoms with Gasteiger partial charge in [-0.3, -0.25) is 14.5 Å². The highest BCUT2D eigenvalue weighted by molar-refractivity contribution is 7.07. The van der Waals surface area contributed by atoms with Gasteiger partial charge in [-0.1, -0.05) is 18.2 Å². The molecule has 1 aliphatic heterocycles. The Hall–Kier alpha value is -2.90. The van der Waals surface area contributed by atoms with Gasteiger partial charge < -0.3 is 14.6 Å². The summed E-state index contributed by atoms with van der Waals surface area (Å²) < 4.78 is 7.19. The van der Waals surface area contributed by atoms with Crippen LogP contribution in [-0.2, 0) is 26.1 Å². The maximum atomic E-state index is 13.1. The number of thiophene rings is 1. The maximum Gasteiger partial charge on any atom is 0.257 e. The quantitative estimate of drug-likeness (QED) is 0.623. The van der Waals surface area contributed by atoms with Crippen LogP contribution in [0.15, 0.2) is 45.9 Å². The zero-order chi connectivity index (χ0) is 22.7. The topological polar surface area (TPSA) is 63.6 Å². The van der Waals surface area contributed by atoms with Crippen molar-refractivity contribution >= 4 is 17.2 Å². The van der Waals surface area contributed by atoms with Crippen molar-refractivity contribution in [2.45, 2.75) is 39.9 Å². The van der Waals surface area contributed by atoms with Gasteiger partial charge >= 0.3 is 0 Å². The van der Waals surface area contributed by atoms with E-state index in [9.17, 15) is 9.59 Å². The van der Waals surface area contributed by atoms with E-state index in [1.54, 1.807) is 15.9 Å². The summed E-state index contributed by atoms with van der Waals surface area (Å²) in [5, 5.41) is 6.99. The van der Waals surface area contributed by atoms with E-state index in [0.717, 1.165) is 30.9 Å². The molecule has 168 valence electrons. The zero-order valence-electron chi connectivity index (χ0n) is 18.8. The Labute approximate surface area is 192 Å². The number of amides is 1. The first-order valence-electron chi connectivity index (χ1n) is 10.8. The summed E-state index contributed by atoms with van der Waals surface area (Å²) in [5.74, 6) is 0.131. The predicted octanol–water partition coefficient (Wildman–Crippen LogP) is 3.52. The summed E-state index contributed by atoms with van der Waals surface area (Å²) in [6.45, 7) is 7.58. The molecule has 1 aromatic carbocycles. The number of hydrogen-bond donors (Lipinski definition) is 1. The number of nitrogens with zero attached hydrogens (tertiary/aromatic N) is 2. The number of carbonyl (C=O) groups excluding carboxylic acids is 1. The van der Waals surface area contributed by atoms with Crippen molar-refractivity contribution in [2.24, 2.45) is 0 Å². The molecule has 0 spiro atoms. The molecule has 0 fully saturated rings. The van der Waals surface area contributed by atoms with Crippen LogP contribution in [0.3, 0.4) is 0 Å². The Balaban J connectivity index is 1.57. The van der Waals surface area contributed by atoms with Crippen molar-refractivity contribution in [3.8, 4) is 5.75 Å². The largest absolute Gasteiger partial charge is 0.496 e. The lowest BCUT2D eigenvalue weighted by Gasteiger charge is -2.20. The molecule has 1 aliphatic rings. The molecule has 0 saturated heterocycles. The Bertz CT molecular complexity index is 1170. The van der Waals surface area contributed by atoms with Gasteiger partial charge in [0, 0.05) is 50.9 Å². The number of ether oxygens (including phenoxy) is 1. The van der Waals surface area contributed by atoms with E-state index < -0.39 is 0 Å². The number of hydrogen-bond acceptors (Lipinski definition) is 5. The highest BCUT2D eigenvalue weighted by atomic mass is 32.1. The number of pyridine rings is 1. The van der Waals surface area contributed by atoms with E-state index in [1.807, 2.05) is 16.8 Å². The molecule has 4 rings (SSSR count). The lowest BCUT2D eigenvalue weighted by molar-refractivity contribution is 0.0945. The van der Waals surface area contributed by atoms with Crippen LogP contribution in [0.1, 0.15) is 38.3 Å². The summed E-state index contributed by atoms with van der Waals surface area (Å²) in [6, 6.07) is 9.97. The van der Waals surface area contributed by atoms with Crippen molar-refractivity contribution in [1.82, 2.24) is 14.8 Å². The third-order valence-electron chi connectivity index (χ3n) is 6.14. The Morgan fingerprint density at radius 3 is 2.66 bits per heavy atom. The van der Waals surface area contributed by atoms with Crippen molar-refractivity contribution in [2.75, 3.05) is 20.2 Å². The first-order chi connectivity index (χ1) is 15.5. The number of aryl methyl sites for hydroxylation is 2. The summed E-state index contributed by atoms with van der Waals surface area (Å²) >= 11 is 1.60. The minimum Gasteiger partial charge on any atom is -0.496 e. The van der Waals surface area contributed by atoms with Gasteiger partial charge in [0.25, 0.3) is 11.5 Å². The summed E-state index contributed by atoms with van der Waals surface area (Å²) in [6.07, 6.45) is 0.610. The normalized spacial score (nSPS) is 14.0. The molecule has 0 atom stereocenters. The van der Waals surface area contributed by atoms with Crippen LogP contribution in [0.2, 0.25) is 0 Å². The maximum absolute atomic E-state index is 13.1. The Kier molecular flexibility index (Phi) is 6.77. The van der Waals surface area contributed by atoms with E-state index in [-0.39, 0.29) is 11.5 Å². The van der Waals surface area contributed by atoms with Gasteiger partial charge in [0.05, 0.1) is 7.11 Å². The SMILES string of the molecule is COc1cc(=O)n2c(c1C(=O)NCc1ccsc1)CCN(Cc1ccc(C)c(C)c1)CC2. The van der Waals surface area contributed by atoms with Gasteiger partial charge in [0.1, 0.15) is 11.3 Å². The van der Waals surface area contributed by atoms with Crippen LogP contribution in [0, 0.1) is 13.8 Å². The molecule has 1 N–H and O–H groups in total. The monoisotopic (exact) mass is 451 g/mol. The highest BCUT2D eigenvalue weighted by Gasteiger charge is 2.25.